The first kappa shape index (κ1) is 26.2. The van der Waals surface area contributed by atoms with E-state index in [-0.39, 0.29) is 24.0 Å². The number of unbranched alkanes of at least 4 members (excludes halogenated alkanes) is 4. The molecule has 0 unspecified atom stereocenters. The molecule has 0 heterocycles. The van der Waals surface area contributed by atoms with E-state index < -0.39 is 0 Å². The first-order valence-electron chi connectivity index (χ1n) is 9.23. The zero-order valence-corrected chi connectivity index (χ0v) is 18.9. The number of guanidine groups is 1. The predicted molar refractivity (Wildman–Crippen MR) is 117 cm³/mol. The minimum absolute atomic E-state index is 0. The van der Waals surface area contributed by atoms with Gasteiger partial charge in [-0.1, -0.05) is 33.1 Å². The third-order valence-corrected chi connectivity index (χ3v) is 3.68. The third kappa shape index (κ3) is 20.0. The van der Waals surface area contributed by atoms with E-state index in [9.17, 15) is 0 Å². The summed E-state index contributed by atoms with van der Waals surface area (Å²) in [4.78, 5) is 6.49. The van der Waals surface area contributed by atoms with Gasteiger partial charge < -0.3 is 20.3 Å². The molecule has 0 aliphatic heterocycles. The van der Waals surface area contributed by atoms with Gasteiger partial charge >= 0.3 is 0 Å². The van der Waals surface area contributed by atoms with Gasteiger partial charge in [-0.25, -0.2) is 0 Å². The topological polar surface area (TPSA) is 48.9 Å². The van der Waals surface area contributed by atoms with Crippen LogP contribution in [0.25, 0.3) is 0 Å². The number of hydrogen-bond acceptors (Lipinski definition) is 3. The first-order valence-corrected chi connectivity index (χ1v) is 9.23. The molecule has 6 heteroatoms. The van der Waals surface area contributed by atoms with Gasteiger partial charge in [-0.05, 0) is 45.8 Å². The summed E-state index contributed by atoms with van der Waals surface area (Å²) in [5.41, 5.74) is 0. The molecule has 0 spiro atoms. The van der Waals surface area contributed by atoms with Crippen molar-refractivity contribution < 1.29 is 4.74 Å². The van der Waals surface area contributed by atoms with Gasteiger partial charge in [-0.3, -0.25) is 4.99 Å². The predicted octanol–water partition coefficient (Wildman–Crippen LogP) is 3.34. The van der Waals surface area contributed by atoms with Gasteiger partial charge in [0.15, 0.2) is 5.96 Å². The molecule has 0 bridgehead atoms. The van der Waals surface area contributed by atoms with Crippen LogP contribution in [0.3, 0.4) is 0 Å². The SMILES string of the molecule is CN=C(NCCCCCCCN(C)C)NCCOCCC(C)C.I. The molecule has 0 amide bonds. The summed E-state index contributed by atoms with van der Waals surface area (Å²) in [6.45, 7) is 9.02. The van der Waals surface area contributed by atoms with E-state index in [4.69, 9.17) is 4.74 Å². The lowest BCUT2D eigenvalue weighted by atomic mass is 10.1. The minimum atomic E-state index is 0. The van der Waals surface area contributed by atoms with Crippen LogP contribution in [0.15, 0.2) is 4.99 Å². The van der Waals surface area contributed by atoms with Gasteiger partial charge in [0, 0.05) is 26.7 Å². The minimum Gasteiger partial charge on any atom is -0.380 e. The molecular weight excluding hydrogens is 415 g/mol. The van der Waals surface area contributed by atoms with Crippen molar-refractivity contribution in [2.45, 2.75) is 52.4 Å². The monoisotopic (exact) mass is 456 g/mol. The number of ether oxygens (including phenoxy) is 1. The molecule has 0 saturated carbocycles. The van der Waals surface area contributed by atoms with Crippen LogP contribution >= 0.6 is 24.0 Å². The lowest BCUT2D eigenvalue weighted by Crippen LogP contribution is -2.39. The highest BCUT2D eigenvalue weighted by molar-refractivity contribution is 14.0. The number of nitrogens with one attached hydrogen (secondary N) is 2. The summed E-state index contributed by atoms with van der Waals surface area (Å²) in [7, 11) is 6.09. The van der Waals surface area contributed by atoms with Crippen LogP contribution in [0.5, 0.6) is 0 Å². The van der Waals surface area contributed by atoms with Gasteiger partial charge in [0.1, 0.15) is 0 Å². The summed E-state index contributed by atoms with van der Waals surface area (Å²) >= 11 is 0. The second kappa shape index (κ2) is 19.2. The average Bonchev–Trinajstić information content (AvgIpc) is 2.50. The van der Waals surface area contributed by atoms with E-state index in [2.05, 4.69) is 48.5 Å². The van der Waals surface area contributed by atoms with Gasteiger partial charge in [-0.2, -0.15) is 0 Å². The van der Waals surface area contributed by atoms with Gasteiger partial charge in [-0.15, -0.1) is 24.0 Å². The van der Waals surface area contributed by atoms with Gasteiger partial charge in [0.25, 0.3) is 0 Å². The van der Waals surface area contributed by atoms with E-state index in [0.29, 0.717) is 5.92 Å². The Balaban J connectivity index is 0. The fourth-order valence-electron chi connectivity index (χ4n) is 2.17. The lowest BCUT2D eigenvalue weighted by Gasteiger charge is -2.12. The molecule has 0 aliphatic carbocycles. The van der Waals surface area contributed by atoms with Crippen LogP contribution in [0.2, 0.25) is 0 Å². The third-order valence-electron chi connectivity index (χ3n) is 3.68. The highest BCUT2D eigenvalue weighted by Gasteiger charge is 1.98. The normalized spacial score (nSPS) is 11.7. The fourth-order valence-corrected chi connectivity index (χ4v) is 2.17. The molecule has 2 N–H and O–H groups in total. The Hall–Kier alpha value is -0.0800. The lowest BCUT2D eigenvalue weighted by molar-refractivity contribution is 0.128. The molecule has 5 nitrogen and oxygen atoms in total. The molecule has 0 atom stereocenters. The number of aliphatic imine (C=N–C) groups is 1. The maximum atomic E-state index is 5.59. The fraction of sp³-hybridized carbons (Fsp3) is 0.944. The summed E-state index contributed by atoms with van der Waals surface area (Å²) in [5.74, 6) is 1.59. The molecule has 0 radical (unpaired) electrons. The Bertz CT molecular complexity index is 286. The largest absolute Gasteiger partial charge is 0.380 e. The van der Waals surface area contributed by atoms with Gasteiger partial charge in [0.05, 0.1) is 6.61 Å². The second-order valence-electron chi connectivity index (χ2n) is 6.79. The molecule has 24 heavy (non-hydrogen) atoms. The molecular formula is C18H41IN4O. The summed E-state index contributed by atoms with van der Waals surface area (Å²) < 4.78 is 5.59. The molecule has 0 aliphatic rings. The molecule has 0 fully saturated rings. The molecule has 0 aromatic rings. The van der Waals surface area contributed by atoms with E-state index in [1.807, 2.05) is 7.05 Å². The summed E-state index contributed by atoms with van der Waals surface area (Å²) in [6, 6.07) is 0. The van der Waals surface area contributed by atoms with Crippen molar-refractivity contribution in [1.82, 2.24) is 15.5 Å². The molecule has 0 aromatic carbocycles. The van der Waals surface area contributed by atoms with Crippen molar-refractivity contribution in [3.8, 4) is 0 Å². The van der Waals surface area contributed by atoms with Crippen LogP contribution < -0.4 is 10.6 Å². The van der Waals surface area contributed by atoms with Crippen molar-refractivity contribution in [2.24, 2.45) is 10.9 Å². The van der Waals surface area contributed by atoms with E-state index >= 15 is 0 Å². The van der Waals surface area contributed by atoms with Crippen molar-refractivity contribution in [3.63, 3.8) is 0 Å². The highest BCUT2D eigenvalue weighted by Crippen LogP contribution is 2.02. The zero-order valence-electron chi connectivity index (χ0n) is 16.6. The number of halogens is 1. The molecule has 0 rings (SSSR count). The smallest absolute Gasteiger partial charge is 0.191 e. The zero-order chi connectivity index (χ0) is 17.3. The Morgan fingerprint density at radius 2 is 1.58 bits per heavy atom. The van der Waals surface area contributed by atoms with Crippen molar-refractivity contribution in [3.05, 3.63) is 0 Å². The van der Waals surface area contributed by atoms with Gasteiger partial charge in [0.2, 0.25) is 0 Å². The number of hydrogen-bond donors (Lipinski definition) is 2. The summed E-state index contributed by atoms with van der Waals surface area (Å²) in [6.07, 6.45) is 7.58. The summed E-state index contributed by atoms with van der Waals surface area (Å²) in [5, 5.41) is 6.65. The average molecular weight is 456 g/mol. The van der Waals surface area contributed by atoms with E-state index in [0.717, 1.165) is 38.7 Å². The quantitative estimate of drug-likeness (QED) is 0.182. The Kier molecular flexibility index (Phi) is 21.0. The first-order chi connectivity index (χ1) is 11.1. The van der Waals surface area contributed by atoms with Crippen LogP contribution in [0.4, 0.5) is 0 Å². The molecule has 146 valence electrons. The number of nitrogens with zero attached hydrogens (tertiary/aromatic N) is 2. The van der Waals surface area contributed by atoms with Crippen LogP contribution in [-0.2, 0) is 4.74 Å². The maximum Gasteiger partial charge on any atom is 0.191 e. The van der Waals surface area contributed by atoms with E-state index in [1.165, 1.54) is 38.6 Å². The van der Waals surface area contributed by atoms with Crippen LogP contribution in [0, 0.1) is 5.92 Å². The Labute approximate surface area is 167 Å². The molecule has 0 saturated heterocycles. The van der Waals surface area contributed by atoms with Crippen molar-refractivity contribution in [1.29, 1.82) is 0 Å². The second-order valence-corrected chi connectivity index (χ2v) is 6.79. The van der Waals surface area contributed by atoms with Crippen LogP contribution in [-0.4, -0.2) is 64.9 Å². The molecule has 0 aromatic heterocycles. The van der Waals surface area contributed by atoms with Crippen molar-refractivity contribution >= 4 is 29.9 Å². The number of rotatable bonds is 14. The standard InChI is InChI=1S/C18H40N4O.HI/c1-17(2)11-15-23-16-13-21-18(19-3)20-12-9-7-6-8-10-14-22(4)5;/h17H,6-16H2,1-5H3,(H2,19,20,21);1H. The Morgan fingerprint density at radius 1 is 0.958 bits per heavy atom. The van der Waals surface area contributed by atoms with E-state index in [1.54, 1.807) is 0 Å². The Morgan fingerprint density at radius 3 is 2.21 bits per heavy atom. The van der Waals surface area contributed by atoms with Crippen LogP contribution in [0.1, 0.15) is 52.4 Å². The maximum absolute atomic E-state index is 5.59. The van der Waals surface area contributed by atoms with Crippen molar-refractivity contribution in [2.75, 3.05) is 54.0 Å². The highest BCUT2D eigenvalue weighted by atomic mass is 127.